The molecule has 0 aliphatic heterocycles. The number of para-hydroxylation sites is 1. The molecule has 0 N–H and O–H groups in total. The predicted molar refractivity (Wildman–Crippen MR) is 106 cm³/mol. The summed E-state index contributed by atoms with van der Waals surface area (Å²) in [6, 6.07) is 18.6. The van der Waals surface area contributed by atoms with Crippen LogP contribution < -0.4 is 5.43 Å². The first kappa shape index (κ1) is 18.1. The van der Waals surface area contributed by atoms with E-state index >= 15 is 0 Å². The molecule has 0 radical (unpaired) electrons. The van der Waals surface area contributed by atoms with Crippen LogP contribution >= 0.6 is 0 Å². The minimum Gasteiger partial charge on any atom is -0.455 e. The highest BCUT2D eigenvalue weighted by Crippen LogP contribution is 2.33. The van der Waals surface area contributed by atoms with Gasteiger partial charge >= 0.3 is 0 Å². The fourth-order valence-electron chi connectivity index (χ4n) is 3.10. The van der Waals surface area contributed by atoms with Gasteiger partial charge in [-0.2, -0.15) is 0 Å². The lowest BCUT2D eigenvalue weighted by atomic mass is 9.98. The van der Waals surface area contributed by atoms with Crippen LogP contribution in [0.4, 0.5) is 4.39 Å². The molecule has 0 fully saturated rings. The number of hydrogen-bond donors (Lipinski definition) is 0. The Hall–Kier alpha value is -3.25. The maximum Gasteiger partial charge on any atom is 0.201 e. The maximum atomic E-state index is 13.8. The minimum absolute atomic E-state index is 0.159. The van der Waals surface area contributed by atoms with Gasteiger partial charge in [-0.25, -0.2) is 12.8 Å². The molecule has 1 heterocycles. The van der Waals surface area contributed by atoms with Crippen molar-refractivity contribution in [2.45, 2.75) is 4.90 Å². The summed E-state index contributed by atoms with van der Waals surface area (Å²) < 4.78 is 43.3. The van der Waals surface area contributed by atoms with E-state index in [2.05, 4.69) is 0 Å². The summed E-state index contributed by atoms with van der Waals surface area (Å²) in [4.78, 5) is 13.3. The van der Waals surface area contributed by atoms with Gasteiger partial charge in [-0.3, -0.25) is 4.79 Å². The third kappa shape index (κ3) is 3.23. The van der Waals surface area contributed by atoms with Gasteiger partial charge in [0.1, 0.15) is 17.2 Å². The lowest BCUT2D eigenvalue weighted by molar-refractivity contribution is 0.601. The molecule has 0 saturated heterocycles. The SMILES string of the molecule is CS(=O)(=O)c1ccc(-c2oc3ccccc3c(=O)c2-c2cccc(F)c2)cc1. The van der Waals surface area contributed by atoms with Crippen LogP contribution in [0.25, 0.3) is 33.4 Å². The Morgan fingerprint density at radius 1 is 0.857 bits per heavy atom. The Balaban J connectivity index is 2.04. The second kappa shape index (κ2) is 6.73. The third-order valence-corrected chi connectivity index (χ3v) is 5.58. The Labute approximate surface area is 160 Å². The number of rotatable bonds is 3. The third-order valence-electron chi connectivity index (χ3n) is 4.46. The Bertz CT molecular complexity index is 1350. The summed E-state index contributed by atoms with van der Waals surface area (Å²) in [6.07, 6.45) is 1.12. The van der Waals surface area contributed by atoms with Crippen molar-refractivity contribution >= 4 is 20.8 Å². The van der Waals surface area contributed by atoms with Crippen LogP contribution in [0, 0.1) is 5.82 Å². The van der Waals surface area contributed by atoms with E-state index in [1.54, 1.807) is 42.5 Å². The van der Waals surface area contributed by atoms with Crippen LogP contribution in [0.1, 0.15) is 0 Å². The molecule has 0 aliphatic rings. The predicted octanol–water partition coefficient (Wildman–Crippen LogP) is 4.67. The molecule has 4 rings (SSSR count). The normalized spacial score (nSPS) is 11.6. The fourth-order valence-corrected chi connectivity index (χ4v) is 3.74. The van der Waals surface area contributed by atoms with E-state index in [1.807, 2.05) is 0 Å². The van der Waals surface area contributed by atoms with Crippen molar-refractivity contribution in [1.82, 2.24) is 0 Å². The average molecular weight is 394 g/mol. The van der Waals surface area contributed by atoms with Gasteiger partial charge in [0.15, 0.2) is 9.84 Å². The molecule has 0 aliphatic carbocycles. The minimum atomic E-state index is -3.35. The first-order valence-corrected chi connectivity index (χ1v) is 10.4. The highest BCUT2D eigenvalue weighted by atomic mass is 32.2. The Morgan fingerprint density at radius 3 is 2.25 bits per heavy atom. The lowest BCUT2D eigenvalue weighted by Gasteiger charge is -2.11. The van der Waals surface area contributed by atoms with Crippen molar-refractivity contribution in [2.24, 2.45) is 0 Å². The van der Waals surface area contributed by atoms with Gasteiger partial charge in [0, 0.05) is 11.8 Å². The molecule has 0 unspecified atom stereocenters. The molecule has 28 heavy (non-hydrogen) atoms. The van der Waals surface area contributed by atoms with Gasteiger partial charge in [-0.1, -0.05) is 24.3 Å². The Kier molecular flexibility index (Phi) is 4.35. The molecular formula is C22H15FO4S. The van der Waals surface area contributed by atoms with Crippen LogP contribution in [0.15, 0.2) is 86.9 Å². The van der Waals surface area contributed by atoms with Crippen LogP contribution in [0.5, 0.6) is 0 Å². The number of benzene rings is 3. The largest absolute Gasteiger partial charge is 0.455 e. The molecule has 4 aromatic rings. The fraction of sp³-hybridized carbons (Fsp3) is 0.0455. The smallest absolute Gasteiger partial charge is 0.201 e. The van der Waals surface area contributed by atoms with Crippen molar-refractivity contribution < 1.29 is 17.2 Å². The lowest BCUT2D eigenvalue weighted by Crippen LogP contribution is -2.07. The van der Waals surface area contributed by atoms with Gasteiger partial charge in [0.05, 0.1) is 15.8 Å². The van der Waals surface area contributed by atoms with E-state index in [0.29, 0.717) is 22.1 Å². The summed E-state index contributed by atoms with van der Waals surface area (Å²) in [7, 11) is -3.35. The van der Waals surface area contributed by atoms with E-state index < -0.39 is 15.7 Å². The molecule has 140 valence electrons. The van der Waals surface area contributed by atoms with E-state index in [-0.39, 0.29) is 21.6 Å². The number of halogens is 1. The topological polar surface area (TPSA) is 64.3 Å². The molecule has 0 amide bonds. The zero-order valence-electron chi connectivity index (χ0n) is 14.8. The molecule has 3 aromatic carbocycles. The zero-order valence-corrected chi connectivity index (χ0v) is 15.7. The second-order valence-electron chi connectivity index (χ2n) is 6.44. The van der Waals surface area contributed by atoms with Crippen molar-refractivity contribution in [3.05, 3.63) is 88.8 Å². The number of sulfone groups is 1. The van der Waals surface area contributed by atoms with E-state index in [0.717, 1.165) is 6.26 Å². The first-order valence-electron chi connectivity index (χ1n) is 8.47. The molecule has 0 saturated carbocycles. The van der Waals surface area contributed by atoms with Gasteiger partial charge in [0.2, 0.25) is 5.43 Å². The van der Waals surface area contributed by atoms with Gasteiger partial charge < -0.3 is 4.42 Å². The van der Waals surface area contributed by atoms with E-state index in [4.69, 9.17) is 4.42 Å². The molecule has 1 aromatic heterocycles. The highest BCUT2D eigenvalue weighted by molar-refractivity contribution is 7.90. The molecular weight excluding hydrogens is 379 g/mol. The molecule has 0 bridgehead atoms. The van der Waals surface area contributed by atoms with Crippen LogP contribution in [0.2, 0.25) is 0 Å². The van der Waals surface area contributed by atoms with E-state index in [1.165, 1.54) is 30.3 Å². The van der Waals surface area contributed by atoms with Crippen molar-refractivity contribution in [1.29, 1.82) is 0 Å². The standard InChI is InChI=1S/C22H15FO4S/c1-28(25,26)17-11-9-14(10-12-17)22-20(15-5-4-6-16(23)13-15)21(24)18-7-2-3-8-19(18)27-22/h2-13H,1H3. The van der Waals surface area contributed by atoms with Crippen molar-refractivity contribution in [2.75, 3.05) is 6.26 Å². The number of fused-ring (bicyclic) bond motifs is 1. The first-order chi connectivity index (χ1) is 13.3. The van der Waals surface area contributed by atoms with Gasteiger partial charge in [0.25, 0.3) is 0 Å². The summed E-state index contributed by atoms with van der Waals surface area (Å²) in [5.41, 5.74) is 1.26. The van der Waals surface area contributed by atoms with Crippen LogP contribution in [0.3, 0.4) is 0 Å². The Morgan fingerprint density at radius 2 is 1.57 bits per heavy atom. The van der Waals surface area contributed by atoms with Crippen LogP contribution in [-0.4, -0.2) is 14.7 Å². The average Bonchev–Trinajstić information content (AvgIpc) is 2.67. The van der Waals surface area contributed by atoms with E-state index in [9.17, 15) is 17.6 Å². The molecule has 4 nitrogen and oxygen atoms in total. The second-order valence-corrected chi connectivity index (χ2v) is 8.45. The summed E-state index contributed by atoms with van der Waals surface area (Å²) in [6.45, 7) is 0. The maximum absolute atomic E-state index is 13.8. The zero-order chi connectivity index (χ0) is 19.9. The van der Waals surface area contributed by atoms with Gasteiger partial charge in [-0.15, -0.1) is 0 Å². The molecule has 0 spiro atoms. The highest BCUT2D eigenvalue weighted by Gasteiger charge is 2.18. The molecule has 0 atom stereocenters. The number of hydrogen-bond acceptors (Lipinski definition) is 4. The summed E-state index contributed by atoms with van der Waals surface area (Å²) in [5.74, 6) is -0.210. The van der Waals surface area contributed by atoms with Crippen molar-refractivity contribution in [3.8, 4) is 22.5 Å². The van der Waals surface area contributed by atoms with Crippen LogP contribution in [-0.2, 0) is 9.84 Å². The summed E-state index contributed by atoms with van der Waals surface area (Å²) in [5, 5.41) is 0.387. The monoisotopic (exact) mass is 394 g/mol. The van der Waals surface area contributed by atoms with Gasteiger partial charge in [-0.05, 0) is 54.1 Å². The van der Waals surface area contributed by atoms with Crippen molar-refractivity contribution in [3.63, 3.8) is 0 Å². The molecule has 6 heteroatoms. The quantitative estimate of drug-likeness (QED) is 0.507. The summed E-state index contributed by atoms with van der Waals surface area (Å²) >= 11 is 0.